The maximum atomic E-state index is 13.6. The van der Waals surface area contributed by atoms with Crippen molar-refractivity contribution < 1.29 is 31.8 Å². The lowest BCUT2D eigenvalue weighted by atomic mass is 10.1. The van der Waals surface area contributed by atoms with Crippen LogP contribution in [0.3, 0.4) is 0 Å². The summed E-state index contributed by atoms with van der Waals surface area (Å²) in [5.74, 6) is -1.34. The van der Waals surface area contributed by atoms with Gasteiger partial charge in [-0.05, 0) is 37.3 Å². The van der Waals surface area contributed by atoms with Crippen molar-refractivity contribution in [1.29, 1.82) is 0 Å². The molecule has 0 spiro atoms. The number of carbonyl (C=O) groups is 1. The van der Waals surface area contributed by atoms with E-state index < -0.39 is 40.6 Å². The van der Waals surface area contributed by atoms with Crippen LogP contribution in [0.2, 0.25) is 5.02 Å². The van der Waals surface area contributed by atoms with E-state index in [1.165, 1.54) is 24.3 Å². The van der Waals surface area contributed by atoms with E-state index in [2.05, 4.69) is 5.32 Å². The first-order chi connectivity index (χ1) is 14.6. The molecule has 31 heavy (non-hydrogen) atoms. The van der Waals surface area contributed by atoms with Crippen molar-refractivity contribution in [1.82, 2.24) is 4.31 Å². The van der Waals surface area contributed by atoms with Gasteiger partial charge in [0.05, 0.1) is 29.2 Å². The number of halogens is 3. The third kappa shape index (κ3) is 5.21. The molecule has 2 N–H and O–H groups in total. The third-order valence-corrected chi connectivity index (χ3v) is 7.14. The molecule has 11 heteroatoms. The van der Waals surface area contributed by atoms with Gasteiger partial charge in [0.25, 0.3) is 5.91 Å². The molecule has 0 aromatic heterocycles. The SMILES string of the molecule is CC1COCC(O)CN1S(=O)(=O)c1cc(C(=O)Nc2ccc(F)c(Cl)c2)ccc1CF. The number of hydrogen-bond acceptors (Lipinski definition) is 5. The van der Waals surface area contributed by atoms with Crippen LogP contribution in [0.5, 0.6) is 0 Å². The van der Waals surface area contributed by atoms with E-state index in [0.717, 1.165) is 16.4 Å². The molecule has 0 saturated carbocycles. The monoisotopic (exact) mass is 474 g/mol. The summed E-state index contributed by atoms with van der Waals surface area (Å²) in [6.45, 7) is 0.367. The van der Waals surface area contributed by atoms with E-state index in [9.17, 15) is 27.1 Å². The number of carbonyl (C=O) groups excluding carboxylic acids is 1. The minimum Gasteiger partial charge on any atom is -0.389 e. The molecular weight excluding hydrogens is 454 g/mol. The zero-order valence-corrected chi connectivity index (χ0v) is 18.1. The predicted octanol–water partition coefficient (Wildman–Crippen LogP) is 2.97. The van der Waals surface area contributed by atoms with Crippen molar-refractivity contribution in [3.05, 3.63) is 58.4 Å². The first-order valence-corrected chi connectivity index (χ1v) is 11.2. The van der Waals surface area contributed by atoms with Crippen LogP contribution < -0.4 is 5.32 Å². The molecule has 1 aliphatic heterocycles. The fourth-order valence-corrected chi connectivity index (χ4v) is 5.25. The first-order valence-electron chi connectivity index (χ1n) is 9.36. The van der Waals surface area contributed by atoms with E-state index >= 15 is 0 Å². The summed E-state index contributed by atoms with van der Waals surface area (Å²) in [6, 6.07) is 6.57. The summed E-state index contributed by atoms with van der Waals surface area (Å²) in [6.07, 6.45) is -1.04. The second kappa shape index (κ2) is 9.58. The number of rotatable bonds is 5. The van der Waals surface area contributed by atoms with Gasteiger partial charge in [-0.3, -0.25) is 4.79 Å². The summed E-state index contributed by atoms with van der Waals surface area (Å²) in [5, 5.41) is 12.3. The van der Waals surface area contributed by atoms with Gasteiger partial charge in [-0.25, -0.2) is 17.2 Å². The van der Waals surface area contributed by atoms with Crippen LogP contribution in [0.25, 0.3) is 0 Å². The van der Waals surface area contributed by atoms with Crippen molar-refractivity contribution in [3.63, 3.8) is 0 Å². The third-order valence-electron chi connectivity index (χ3n) is 4.79. The molecule has 2 atom stereocenters. The van der Waals surface area contributed by atoms with Gasteiger partial charge in [0.2, 0.25) is 10.0 Å². The fraction of sp³-hybridized carbons (Fsp3) is 0.350. The van der Waals surface area contributed by atoms with E-state index in [-0.39, 0.29) is 46.5 Å². The molecule has 2 unspecified atom stereocenters. The molecule has 3 rings (SSSR count). The summed E-state index contributed by atoms with van der Waals surface area (Å²) in [7, 11) is -4.25. The van der Waals surface area contributed by atoms with Crippen LogP contribution >= 0.6 is 11.6 Å². The van der Waals surface area contributed by atoms with Gasteiger partial charge in [0.1, 0.15) is 12.5 Å². The normalized spacial score (nSPS) is 20.3. The highest BCUT2D eigenvalue weighted by Crippen LogP contribution is 2.27. The van der Waals surface area contributed by atoms with Crippen molar-refractivity contribution in [2.75, 3.05) is 25.1 Å². The lowest BCUT2D eigenvalue weighted by Gasteiger charge is -2.27. The maximum Gasteiger partial charge on any atom is 0.255 e. The van der Waals surface area contributed by atoms with Crippen LogP contribution in [-0.2, 0) is 21.4 Å². The summed E-state index contributed by atoms with van der Waals surface area (Å²) < 4.78 is 59.8. The molecule has 0 aliphatic carbocycles. The van der Waals surface area contributed by atoms with Gasteiger partial charge in [0.15, 0.2) is 0 Å². The molecule has 1 aliphatic rings. The van der Waals surface area contributed by atoms with E-state index in [1.54, 1.807) is 6.92 Å². The van der Waals surface area contributed by atoms with Gasteiger partial charge < -0.3 is 15.2 Å². The number of nitrogens with zero attached hydrogens (tertiary/aromatic N) is 1. The van der Waals surface area contributed by atoms with Crippen LogP contribution in [0, 0.1) is 5.82 Å². The fourth-order valence-electron chi connectivity index (χ4n) is 3.18. The van der Waals surface area contributed by atoms with E-state index in [0.29, 0.717) is 0 Å². The predicted molar refractivity (Wildman–Crippen MR) is 111 cm³/mol. The number of aliphatic hydroxyl groups is 1. The number of alkyl halides is 1. The number of ether oxygens (including phenoxy) is 1. The molecule has 2 aromatic carbocycles. The molecule has 2 aromatic rings. The molecule has 1 amide bonds. The van der Waals surface area contributed by atoms with Gasteiger partial charge in [-0.15, -0.1) is 0 Å². The molecular formula is C20H21ClF2N2O5S. The van der Waals surface area contributed by atoms with Crippen LogP contribution in [-0.4, -0.2) is 55.6 Å². The van der Waals surface area contributed by atoms with Crippen molar-refractivity contribution in [3.8, 4) is 0 Å². The average molecular weight is 475 g/mol. The number of anilines is 1. The molecule has 7 nitrogen and oxygen atoms in total. The van der Waals surface area contributed by atoms with E-state index in [1.807, 2.05) is 0 Å². The molecule has 1 fully saturated rings. The number of β-amino-alcohol motifs (C(OH)–C–C–N with tert-alkyl or cyclic N) is 1. The minimum absolute atomic E-state index is 0.0188. The number of sulfonamides is 1. The van der Waals surface area contributed by atoms with Crippen LogP contribution in [0.4, 0.5) is 14.5 Å². The first kappa shape index (κ1) is 23.6. The molecule has 168 valence electrons. The zero-order valence-electron chi connectivity index (χ0n) is 16.5. The lowest BCUT2D eigenvalue weighted by Crippen LogP contribution is -2.43. The Bertz CT molecular complexity index is 1080. The Kier molecular flexibility index (Phi) is 7.28. The number of benzene rings is 2. The number of hydrogen-bond donors (Lipinski definition) is 2. The molecule has 1 saturated heterocycles. The lowest BCUT2D eigenvalue weighted by molar-refractivity contribution is 0.0551. The molecule has 1 heterocycles. The Morgan fingerprint density at radius 1 is 1.29 bits per heavy atom. The largest absolute Gasteiger partial charge is 0.389 e. The van der Waals surface area contributed by atoms with Crippen molar-refractivity contribution in [2.45, 2.75) is 30.6 Å². The average Bonchev–Trinajstić information content (AvgIpc) is 2.91. The van der Waals surface area contributed by atoms with Crippen LogP contribution in [0.1, 0.15) is 22.8 Å². The highest BCUT2D eigenvalue weighted by Gasteiger charge is 2.35. The Labute approximate surface area is 183 Å². The number of aliphatic hydroxyl groups excluding tert-OH is 1. The van der Waals surface area contributed by atoms with E-state index in [4.69, 9.17) is 16.3 Å². The zero-order chi connectivity index (χ0) is 22.8. The molecule has 0 bridgehead atoms. The minimum atomic E-state index is -4.25. The quantitative estimate of drug-likeness (QED) is 0.694. The van der Waals surface area contributed by atoms with Gasteiger partial charge >= 0.3 is 0 Å². The second-order valence-electron chi connectivity index (χ2n) is 7.15. The Balaban J connectivity index is 1.95. The maximum absolute atomic E-state index is 13.6. The van der Waals surface area contributed by atoms with Gasteiger partial charge in [-0.2, -0.15) is 4.31 Å². The highest BCUT2D eigenvalue weighted by atomic mass is 35.5. The van der Waals surface area contributed by atoms with Gasteiger partial charge in [0, 0.05) is 29.4 Å². The van der Waals surface area contributed by atoms with Crippen LogP contribution in [0.15, 0.2) is 41.3 Å². The Morgan fingerprint density at radius 3 is 2.71 bits per heavy atom. The number of nitrogens with one attached hydrogen (secondary N) is 1. The topological polar surface area (TPSA) is 95.9 Å². The van der Waals surface area contributed by atoms with Gasteiger partial charge in [-0.1, -0.05) is 17.7 Å². The highest BCUT2D eigenvalue weighted by molar-refractivity contribution is 7.89. The standard InChI is InChI=1S/C20H21ClF2N2O5S/c1-12-10-30-11-16(26)9-25(12)31(28,29)19-6-13(2-3-14(19)8-22)20(27)24-15-4-5-18(23)17(21)7-15/h2-7,12,16,26H,8-11H2,1H3,(H,24,27). The Hall–Kier alpha value is -2.11. The van der Waals surface area contributed by atoms with Crippen molar-refractivity contribution in [2.24, 2.45) is 0 Å². The summed E-state index contributed by atoms with van der Waals surface area (Å²) in [4.78, 5) is 12.3. The number of amides is 1. The second-order valence-corrected chi connectivity index (χ2v) is 9.42. The smallest absolute Gasteiger partial charge is 0.255 e. The Morgan fingerprint density at radius 2 is 2.03 bits per heavy atom. The summed E-state index contributed by atoms with van der Waals surface area (Å²) in [5.41, 5.74) is 0.0421. The summed E-state index contributed by atoms with van der Waals surface area (Å²) >= 11 is 5.71. The van der Waals surface area contributed by atoms with Crippen molar-refractivity contribution >= 4 is 33.2 Å². The molecule has 0 radical (unpaired) electrons.